The van der Waals surface area contributed by atoms with Crippen molar-refractivity contribution < 1.29 is 4.74 Å². The van der Waals surface area contributed by atoms with Crippen molar-refractivity contribution in [2.24, 2.45) is 0 Å². The predicted molar refractivity (Wildman–Crippen MR) is 57.0 cm³/mol. The van der Waals surface area contributed by atoms with E-state index in [1.807, 2.05) is 31.5 Å². The van der Waals surface area contributed by atoms with E-state index in [1.165, 1.54) is 5.56 Å². The number of rotatable bonds is 6. The number of hydrogen-bond acceptors (Lipinski definition) is 3. The molecule has 3 heteroatoms. The zero-order chi connectivity index (χ0) is 10.2. The summed E-state index contributed by atoms with van der Waals surface area (Å²) in [5.74, 6) is 0. The van der Waals surface area contributed by atoms with E-state index in [-0.39, 0.29) is 0 Å². The first kappa shape index (κ1) is 11.1. The van der Waals surface area contributed by atoms with Crippen LogP contribution in [0.1, 0.15) is 19.4 Å². The summed E-state index contributed by atoms with van der Waals surface area (Å²) in [5.41, 5.74) is 1.25. The average Bonchev–Trinajstić information content (AvgIpc) is 2.25. The molecular formula is C11H18N2O. The number of hydrogen-bond donors (Lipinski definition) is 1. The molecule has 0 aliphatic carbocycles. The van der Waals surface area contributed by atoms with Crippen LogP contribution in [-0.4, -0.2) is 24.2 Å². The fraction of sp³-hybridized carbons (Fsp3) is 0.545. The summed E-state index contributed by atoms with van der Waals surface area (Å²) in [5, 5.41) is 3.38. The standard InChI is InChI=1S/C11H18N2O/c1-3-14-9-10(2)13-8-11-4-6-12-7-5-11/h4-7,10,13H,3,8-9H2,1-2H3. The lowest BCUT2D eigenvalue weighted by Gasteiger charge is -2.13. The maximum atomic E-state index is 5.31. The lowest BCUT2D eigenvalue weighted by Crippen LogP contribution is -2.30. The number of ether oxygens (including phenoxy) is 1. The van der Waals surface area contributed by atoms with Crippen LogP contribution in [0.3, 0.4) is 0 Å². The molecule has 1 unspecified atom stereocenters. The monoisotopic (exact) mass is 194 g/mol. The SMILES string of the molecule is CCOCC(C)NCc1ccncc1. The minimum absolute atomic E-state index is 0.392. The van der Waals surface area contributed by atoms with E-state index in [9.17, 15) is 0 Å². The van der Waals surface area contributed by atoms with Gasteiger partial charge in [0.1, 0.15) is 0 Å². The van der Waals surface area contributed by atoms with Gasteiger partial charge >= 0.3 is 0 Å². The van der Waals surface area contributed by atoms with Crippen LogP contribution in [0.2, 0.25) is 0 Å². The molecule has 1 atom stereocenters. The van der Waals surface area contributed by atoms with Gasteiger partial charge in [0.15, 0.2) is 0 Å². The molecule has 0 bridgehead atoms. The molecule has 1 aromatic heterocycles. The molecule has 1 aromatic rings. The molecular weight excluding hydrogens is 176 g/mol. The molecule has 0 amide bonds. The lowest BCUT2D eigenvalue weighted by atomic mass is 10.2. The fourth-order valence-corrected chi connectivity index (χ4v) is 1.15. The third kappa shape index (κ3) is 4.35. The van der Waals surface area contributed by atoms with Gasteiger partial charge < -0.3 is 10.1 Å². The smallest absolute Gasteiger partial charge is 0.0616 e. The molecule has 0 fully saturated rings. The van der Waals surface area contributed by atoms with Gasteiger partial charge in [-0.15, -0.1) is 0 Å². The lowest BCUT2D eigenvalue weighted by molar-refractivity contribution is 0.127. The van der Waals surface area contributed by atoms with Gasteiger partial charge in [-0.3, -0.25) is 4.98 Å². The highest BCUT2D eigenvalue weighted by Crippen LogP contribution is 1.96. The molecule has 14 heavy (non-hydrogen) atoms. The molecule has 0 aromatic carbocycles. The number of aromatic nitrogens is 1. The molecule has 1 rings (SSSR count). The van der Waals surface area contributed by atoms with E-state index >= 15 is 0 Å². The van der Waals surface area contributed by atoms with Gasteiger partial charge in [-0.25, -0.2) is 0 Å². The van der Waals surface area contributed by atoms with E-state index in [2.05, 4.69) is 17.2 Å². The van der Waals surface area contributed by atoms with Crippen molar-refractivity contribution >= 4 is 0 Å². The Bertz CT molecular complexity index is 238. The van der Waals surface area contributed by atoms with Crippen molar-refractivity contribution in [3.05, 3.63) is 30.1 Å². The Hall–Kier alpha value is -0.930. The second-order valence-corrected chi connectivity index (χ2v) is 3.30. The van der Waals surface area contributed by atoms with E-state index in [0.29, 0.717) is 6.04 Å². The summed E-state index contributed by atoms with van der Waals surface area (Å²) in [4.78, 5) is 3.97. The maximum Gasteiger partial charge on any atom is 0.0616 e. The van der Waals surface area contributed by atoms with Crippen molar-refractivity contribution in [3.63, 3.8) is 0 Å². The van der Waals surface area contributed by atoms with Gasteiger partial charge in [0.05, 0.1) is 6.61 Å². The quantitative estimate of drug-likeness (QED) is 0.747. The Morgan fingerprint density at radius 3 is 2.79 bits per heavy atom. The second kappa shape index (κ2) is 6.51. The van der Waals surface area contributed by atoms with Crippen molar-refractivity contribution in [3.8, 4) is 0 Å². The zero-order valence-electron chi connectivity index (χ0n) is 8.86. The molecule has 0 aliphatic heterocycles. The van der Waals surface area contributed by atoms with Gasteiger partial charge in [-0.1, -0.05) is 0 Å². The first-order valence-electron chi connectivity index (χ1n) is 5.03. The summed E-state index contributed by atoms with van der Waals surface area (Å²) in [6, 6.07) is 4.42. The fourth-order valence-electron chi connectivity index (χ4n) is 1.15. The van der Waals surface area contributed by atoms with Crippen LogP contribution in [0.4, 0.5) is 0 Å². The Labute approximate surface area is 85.5 Å². The average molecular weight is 194 g/mol. The van der Waals surface area contributed by atoms with Crippen LogP contribution < -0.4 is 5.32 Å². The van der Waals surface area contributed by atoms with Gasteiger partial charge in [0.2, 0.25) is 0 Å². The van der Waals surface area contributed by atoms with Crippen LogP contribution in [0, 0.1) is 0 Å². The maximum absolute atomic E-state index is 5.31. The van der Waals surface area contributed by atoms with E-state index < -0.39 is 0 Å². The van der Waals surface area contributed by atoms with Crippen LogP contribution >= 0.6 is 0 Å². The third-order valence-electron chi connectivity index (χ3n) is 1.98. The molecule has 0 radical (unpaired) electrons. The van der Waals surface area contributed by atoms with Gasteiger partial charge in [-0.05, 0) is 31.5 Å². The van der Waals surface area contributed by atoms with E-state index in [0.717, 1.165) is 19.8 Å². The predicted octanol–water partition coefficient (Wildman–Crippen LogP) is 1.60. The Morgan fingerprint density at radius 1 is 1.43 bits per heavy atom. The van der Waals surface area contributed by atoms with Crippen LogP contribution in [0.5, 0.6) is 0 Å². The molecule has 0 aliphatic rings. The van der Waals surface area contributed by atoms with Crippen molar-refractivity contribution in [2.75, 3.05) is 13.2 Å². The number of nitrogens with zero attached hydrogens (tertiary/aromatic N) is 1. The summed E-state index contributed by atoms with van der Waals surface area (Å²) in [6.07, 6.45) is 3.62. The van der Waals surface area contributed by atoms with Gasteiger partial charge in [0, 0.05) is 31.6 Å². The molecule has 0 spiro atoms. The molecule has 1 N–H and O–H groups in total. The zero-order valence-corrected chi connectivity index (χ0v) is 8.86. The summed E-state index contributed by atoms with van der Waals surface area (Å²) >= 11 is 0. The first-order valence-corrected chi connectivity index (χ1v) is 5.03. The number of nitrogens with one attached hydrogen (secondary N) is 1. The van der Waals surface area contributed by atoms with Gasteiger partial charge in [0.25, 0.3) is 0 Å². The van der Waals surface area contributed by atoms with Crippen molar-refractivity contribution in [1.82, 2.24) is 10.3 Å². The highest BCUT2D eigenvalue weighted by atomic mass is 16.5. The first-order chi connectivity index (χ1) is 6.83. The second-order valence-electron chi connectivity index (χ2n) is 3.30. The largest absolute Gasteiger partial charge is 0.380 e. The van der Waals surface area contributed by atoms with Crippen LogP contribution in [0.15, 0.2) is 24.5 Å². The third-order valence-corrected chi connectivity index (χ3v) is 1.98. The summed E-state index contributed by atoms with van der Waals surface area (Å²) in [7, 11) is 0. The molecule has 1 heterocycles. The van der Waals surface area contributed by atoms with Crippen LogP contribution in [-0.2, 0) is 11.3 Å². The molecule has 0 saturated carbocycles. The van der Waals surface area contributed by atoms with E-state index in [4.69, 9.17) is 4.74 Å². The number of pyridine rings is 1. The van der Waals surface area contributed by atoms with Crippen molar-refractivity contribution in [1.29, 1.82) is 0 Å². The summed E-state index contributed by atoms with van der Waals surface area (Å²) < 4.78 is 5.31. The highest BCUT2D eigenvalue weighted by Gasteiger charge is 2.00. The normalized spacial score (nSPS) is 12.7. The topological polar surface area (TPSA) is 34.1 Å². The minimum atomic E-state index is 0.392. The molecule has 3 nitrogen and oxygen atoms in total. The van der Waals surface area contributed by atoms with Crippen LogP contribution in [0.25, 0.3) is 0 Å². The van der Waals surface area contributed by atoms with Gasteiger partial charge in [-0.2, -0.15) is 0 Å². The van der Waals surface area contributed by atoms with Crippen molar-refractivity contribution in [2.45, 2.75) is 26.4 Å². The van der Waals surface area contributed by atoms with E-state index in [1.54, 1.807) is 0 Å². The highest BCUT2D eigenvalue weighted by molar-refractivity contribution is 5.09. The Kier molecular flexibility index (Phi) is 5.19. The Balaban J connectivity index is 2.20. The Morgan fingerprint density at radius 2 is 2.14 bits per heavy atom. The molecule has 0 saturated heterocycles. The summed E-state index contributed by atoms with van der Waals surface area (Å²) in [6.45, 7) is 6.55. The minimum Gasteiger partial charge on any atom is -0.380 e. The molecule has 78 valence electrons.